The van der Waals surface area contributed by atoms with Crippen molar-refractivity contribution >= 4 is 34.6 Å². The number of hydrogen-bond donors (Lipinski definition) is 3. The van der Waals surface area contributed by atoms with E-state index in [0.29, 0.717) is 16.8 Å². The van der Waals surface area contributed by atoms with E-state index < -0.39 is 41.7 Å². The molecule has 0 spiro atoms. The van der Waals surface area contributed by atoms with Crippen molar-refractivity contribution in [2.24, 2.45) is 11.8 Å². The van der Waals surface area contributed by atoms with Gasteiger partial charge in [-0.3, -0.25) is 10.1 Å². The van der Waals surface area contributed by atoms with Gasteiger partial charge in [0.2, 0.25) is 5.91 Å². The van der Waals surface area contributed by atoms with Crippen molar-refractivity contribution in [2.45, 2.75) is 32.9 Å². The molecule has 0 unspecified atom stereocenters. The molecule has 1 fully saturated rings. The molecule has 2 aliphatic heterocycles. The van der Waals surface area contributed by atoms with Gasteiger partial charge in [0.15, 0.2) is 0 Å². The summed E-state index contributed by atoms with van der Waals surface area (Å²) in [7, 11) is 0. The first-order valence-corrected chi connectivity index (χ1v) is 10.7. The molecule has 1 saturated heterocycles. The maximum Gasteiger partial charge on any atom is 0.411 e. The van der Waals surface area contributed by atoms with Gasteiger partial charge < -0.3 is 24.3 Å². The van der Waals surface area contributed by atoms with E-state index >= 15 is 0 Å². The molecule has 3 N–H and O–H groups in total. The number of aliphatic hydroxyl groups is 1. The van der Waals surface area contributed by atoms with Crippen LogP contribution < -0.4 is 10.9 Å². The number of carbonyl (C=O) groups excluding carboxylic acids is 2. The quantitative estimate of drug-likeness (QED) is 0.433. The van der Waals surface area contributed by atoms with Crippen molar-refractivity contribution in [1.29, 1.82) is 0 Å². The summed E-state index contributed by atoms with van der Waals surface area (Å²) in [5, 5.41) is 22.8. The van der Waals surface area contributed by atoms with Crippen molar-refractivity contribution in [1.82, 2.24) is 4.90 Å². The number of fused-ring (bicyclic) bond motifs is 2. The molecule has 2 aromatic rings. The number of carboxylic acids is 1. The molecule has 1 aromatic heterocycles. The van der Waals surface area contributed by atoms with Crippen LogP contribution in [0, 0.1) is 18.8 Å². The minimum absolute atomic E-state index is 0.118. The third-order valence-corrected chi connectivity index (χ3v) is 6.23. The monoisotopic (exact) mass is 468 g/mol. The fourth-order valence-electron chi connectivity index (χ4n) is 4.67. The molecule has 0 aliphatic carbocycles. The summed E-state index contributed by atoms with van der Waals surface area (Å²) in [6.45, 7) is 4.95. The number of aryl methyl sites for hydroxylation is 1. The Labute approximate surface area is 194 Å². The molecule has 2 aliphatic rings. The molecule has 10 heteroatoms. The van der Waals surface area contributed by atoms with Crippen LogP contribution in [0.15, 0.2) is 56.9 Å². The van der Waals surface area contributed by atoms with Crippen LogP contribution in [-0.4, -0.2) is 51.8 Å². The van der Waals surface area contributed by atoms with Gasteiger partial charge in [-0.25, -0.2) is 14.4 Å². The molecule has 10 nitrogen and oxygen atoms in total. The number of ether oxygens (including phenoxy) is 1. The van der Waals surface area contributed by atoms with Gasteiger partial charge in [-0.05, 0) is 43.2 Å². The average molecular weight is 468 g/mol. The summed E-state index contributed by atoms with van der Waals surface area (Å²) in [5.41, 5.74) is 1.29. The van der Waals surface area contributed by atoms with Crippen molar-refractivity contribution in [2.75, 3.05) is 11.9 Å². The summed E-state index contributed by atoms with van der Waals surface area (Å²) in [6.07, 6.45) is 1.39. The third kappa shape index (κ3) is 3.96. The lowest BCUT2D eigenvalue weighted by molar-refractivity contribution is -0.163. The van der Waals surface area contributed by atoms with E-state index in [4.69, 9.17) is 9.15 Å². The first-order valence-electron chi connectivity index (χ1n) is 10.7. The highest BCUT2D eigenvalue weighted by atomic mass is 16.5. The molecule has 4 rings (SSSR count). The molecular weight excluding hydrogens is 444 g/mol. The summed E-state index contributed by atoms with van der Waals surface area (Å²) in [6, 6.07) is 5.85. The summed E-state index contributed by atoms with van der Waals surface area (Å²) >= 11 is 0. The molecule has 0 saturated carbocycles. The van der Waals surface area contributed by atoms with Crippen molar-refractivity contribution in [3.05, 3.63) is 63.7 Å². The maximum absolute atomic E-state index is 12.3. The fraction of sp³-hybridized carbons (Fsp3) is 0.333. The standard InChI is InChI=1S/C24H24N2O8/c1-11-9-18(28)34-17-10-14(6-7-15(11)17)25-24(32)33-8-4-5-16-12(2)20-19(13(3)27)22(29)26(20)21(16)23(30)31/h4-7,9-10,12-13,19-20,27H,8H2,1-3H3,(H,25,32)(H,30,31)/b5-4+/t12-,13+,19+,20+/m0/s1. The number of amides is 2. The lowest BCUT2D eigenvalue weighted by Gasteiger charge is -2.46. The van der Waals surface area contributed by atoms with E-state index in [1.165, 1.54) is 36.1 Å². The SMILES string of the molecule is Cc1cc(=O)oc2cc(NC(=O)OC/C=C/C3=C(C(=O)O)N4C(=O)[C@H]([C@@H](C)O)[C@H]4[C@H]3C)ccc12. The molecule has 0 bridgehead atoms. The van der Waals surface area contributed by atoms with Crippen LogP contribution in [0.5, 0.6) is 0 Å². The van der Waals surface area contributed by atoms with Gasteiger partial charge in [0.05, 0.1) is 18.1 Å². The number of β-lactam (4-membered cyclic amide) rings is 1. The van der Waals surface area contributed by atoms with E-state index in [0.717, 1.165) is 10.9 Å². The highest BCUT2D eigenvalue weighted by Gasteiger charge is 2.59. The van der Waals surface area contributed by atoms with E-state index in [1.807, 2.05) is 0 Å². The molecular formula is C24H24N2O8. The minimum atomic E-state index is -1.23. The highest BCUT2D eigenvalue weighted by molar-refractivity contribution is 6.00. The molecule has 178 valence electrons. The lowest BCUT2D eigenvalue weighted by Crippen LogP contribution is -2.63. The average Bonchev–Trinajstić information content (AvgIpc) is 2.99. The Morgan fingerprint density at radius 3 is 2.71 bits per heavy atom. The van der Waals surface area contributed by atoms with Crippen LogP contribution in [0.25, 0.3) is 11.0 Å². The van der Waals surface area contributed by atoms with Gasteiger partial charge in [0.1, 0.15) is 17.9 Å². The second-order valence-electron chi connectivity index (χ2n) is 8.45. The Balaban J connectivity index is 1.41. The summed E-state index contributed by atoms with van der Waals surface area (Å²) < 4.78 is 10.3. The smallest absolute Gasteiger partial charge is 0.411 e. The van der Waals surface area contributed by atoms with Crippen LogP contribution >= 0.6 is 0 Å². The highest BCUT2D eigenvalue weighted by Crippen LogP contribution is 2.47. The van der Waals surface area contributed by atoms with E-state index in [1.54, 1.807) is 26.0 Å². The predicted octanol–water partition coefficient (Wildman–Crippen LogP) is 2.40. The largest absolute Gasteiger partial charge is 0.477 e. The van der Waals surface area contributed by atoms with Crippen molar-refractivity contribution in [3.8, 4) is 0 Å². The third-order valence-electron chi connectivity index (χ3n) is 6.23. The zero-order valence-electron chi connectivity index (χ0n) is 18.8. The number of aliphatic carboxylic acids is 1. The van der Waals surface area contributed by atoms with Crippen LogP contribution in [0.1, 0.15) is 19.4 Å². The van der Waals surface area contributed by atoms with Gasteiger partial charge in [-0.15, -0.1) is 0 Å². The summed E-state index contributed by atoms with van der Waals surface area (Å²) in [4.78, 5) is 49.0. The van der Waals surface area contributed by atoms with E-state index in [9.17, 15) is 29.4 Å². The van der Waals surface area contributed by atoms with Gasteiger partial charge in [-0.2, -0.15) is 0 Å². The Morgan fingerprint density at radius 1 is 1.29 bits per heavy atom. The topological polar surface area (TPSA) is 146 Å². The normalized spacial score (nSPS) is 22.6. The first-order chi connectivity index (χ1) is 16.1. The number of carboxylic acid groups (broad SMARTS) is 1. The second-order valence-corrected chi connectivity index (χ2v) is 8.45. The van der Waals surface area contributed by atoms with Gasteiger partial charge in [0.25, 0.3) is 0 Å². The van der Waals surface area contributed by atoms with Crippen LogP contribution in [-0.2, 0) is 14.3 Å². The van der Waals surface area contributed by atoms with Gasteiger partial charge in [0, 0.05) is 29.1 Å². The number of hydrogen-bond acceptors (Lipinski definition) is 7. The molecule has 4 atom stereocenters. The molecule has 1 aromatic carbocycles. The lowest BCUT2D eigenvalue weighted by atomic mass is 9.78. The molecule has 0 radical (unpaired) electrons. The zero-order valence-corrected chi connectivity index (χ0v) is 18.8. The van der Waals surface area contributed by atoms with Crippen LogP contribution in [0.2, 0.25) is 0 Å². The molecule has 34 heavy (non-hydrogen) atoms. The molecule has 3 heterocycles. The second kappa shape index (κ2) is 8.79. The first kappa shape index (κ1) is 23.2. The van der Waals surface area contributed by atoms with Crippen LogP contribution in [0.3, 0.4) is 0 Å². The number of rotatable bonds is 6. The van der Waals surface area contributed by atoms with Crippen molar-refractivity contribution < 1.29 is 33.8 Å². The number of nitrogens with one attached hydrogen (secondary N) is 1. The number of nitrogens with zero attached hydrogens (tertiary/aromatic N) is 1. The predicted molar refractivity (Wildman–Crippen MR) is 121 cm³/mol. The number of benzene rings is 1. The Morgan fingerprint density at radius 2 is 2.03 bits per heavy atom. The van der Waals surface area contributed by atoms with E-state index in [-0.39, 0.29) is 18.2 Å². The molecule has 2 amide bonds. The number of anilines is 1. The van der Waals surface area contributed by atoms with Crippen molar-refractivity contribution in [3.63, 3.8) is 0 Å². The Bertz CT molecular complexity index is 1310. The van der Waals surface area contributed by atoms with E-state index in [2.05, 4.69) is 5.32 Å². The van der Waals surface area contributed by atoms with Gasteiger partial charge in [-0.1, -0.05) is 13.0 Å². The fourth-order valence-corrected chi connectivity index (χ4v) is 4.67. The number of carbonyl (C=O) groups is 3. The maximum atomic E-state index is 12.3. The minimum Gasteiger partial charge on any atom is -0.477 e. The Hall–Kier alpha value is -3.92. The van der Waals surface area contributed by atoms with Gasteiger partial charge >= 0.3 is 17.7 Å². The Kier molecular flexibility index (Phi) is 6.01. The van der Waals surface area contributed by atoms with Crippen LogP contribution in [0.4, 0.5) is 10.5 Å². The number of aliphatic hydroxyl groups excluding tert-OH is 1. The summed E-state index contributed by atoms with van der Waals surface area (Å²) in [5.74, 6) is -2.59. The zero-order chi connectivity index (χ0) is 24.7. The number of allylic oxidation sites excluding steroid dienone is 1.